The Morgan fingerprint density at radius 3 is 2.73 bits per heavy atom. The molecule has 226 valence electrons. The zero-order chi connectivity index (χ0) is 30.8. The third-order valence-electron chi connectivity index (χ3n) is 8.09. The molecule has 12 heteroatoms. The van der Waals surface area contributed by atoms with E-state index in [1.165, 1.54) is 19.2 Å². The number of carbonyl (C=O) groups is 2. The number of pyridine rings is 1. The van der Waals surface area contributed by atoms with Crippen LogP contribution >= 0.6 is 0 Å². The molecule has 0 bridgehead atoms. The molecule has 2 atom stereocenters. The minimum atomic E-state index is -0.529. The van der Waals surface area contributed by atoms with Crippen molar-refractivity contribution in [1.82, 2.24) is 19.4 Å². The monoisotopic (exact) mass is 598 g/mol. The summed E-state index contributed by atoms with van der Waals surface area (Å²) in [6.07, 6.45) is 1.01. The molecule has 2 aliphatic rings. The number of imidazole rings is 1. The number of fused-ring (bicyclic) bond motifs is 1. The van der Waals surface area contributed by atoms with Crippen LogP contribution in [0.4, 0.5) is 10.2 Å². The minimum Gasteiger partial charge on any atom is -0.473 e. The van der Waals surface area contributed by atoms with Gasteiger partial charge in [0, 0.05) is 31.3 Å². The number of benzene rings is 2. The molecule has 2 aromatic heterocycles. The normalized spacial score (nSPS) is 17.6. The third kappa shape index (κ3) is 5.84. The molecular formula is C32H31FN6O5. The first-order chi connectivity index (χ1) is 21.3. The van der Waals surface area contributed by atoms with E-state index >= 15 is 0 Å². The molecule has 11 nitrogen and oxygen atoms in total. The summed E-state index contributed by atoms with van der Waals surface area (Å²) in [7, 11) is 1.35. The fourth-order valence-electron chi connectivity index (χ4n) is 5.48. The molecule has 2 fully saturated rings. The zero-order valence-electron chi connectivity index (χ0n) is 24.4. The van der Waals surface area contributed by atoms with E-state index in [0.29, 0.717) is 36.6 Å². The van der Waals surface area contributed by atoms with Gasteiger partial charge in [-0.15, -0.1) is 0 Å². The fourth-order valence-corrected chi connectivity index (χ4v) is 5.48. The van der Waals surface area contributed by atoms with E-state index in [1.807, 2.05) is 19.1 Å². The van der Waals surface area contributed by atoms with Crippen LogP contribution in [0.2, 0.25) is 0 Å². The van der Waals surface area contributed by atoms with Gasteiger partial charge in [-0.2, -0.15) is 10.2 Å². The van der Waals surface area contributed by atoms with Gasteiger partial charge in [-0.3, -0.25) is 14.6 Å². The lowest BCUT2D eigenvalue weighted by Crippen LogP contribution is -2.51. The molecule has 0 aliphatic carbocycles. The van der Waals surface area contributed by atoms with Crippen LogP contribution in [0.1, 0.15) is 46.7 Å². The molecule has 2 aliphatic heterocycles. The highest BCUT2D eigenvalue weighted by Crippen LogP contribution is 2.30. The molecule has 4 heterocycles. The van der Waals surface area contributed by atoms with Gasteiger partial charge in [0.05, 0.1) is 60.6 Å². The smallest absolute Gasteiger partial charge is 0.337 e. The summed E-state index contributed by atoms with van der Waals surface area (Å²) in [5.41, 5.74) is 2.55. The number of carbonyl (C=O) groups excluding carboxylic acids is 2. The number of amides is 1. The fraction of sp³-hybridized carbons (Fsp3) is 0.344. The first-order valence-corrected chi connectivity index (χ1v) is 14.4. The summed E-state index contributed by atoms with van der Waals surface area (Å²) in [5.74, 6) is 0.433. The maximum atomic E-state index is 14.3. The number of halogens is 1. The largest absolute Gasteiger partial charge is 0.473 e. The summed E-state index contributed by atoms with van der Waals surface area (Å²) in [4.78, 5) is 38.7. The average Bonchev–Trinajstić information content (AvgIpc) is 3.38. The van der Waals surface area contributed by atoms with Crippen molar-refractivity contribution in [2.24, 2.45) is 0 Å². The molecule has 2 aromatic carbocycles. The molecular weight excluding hydrogens is 567 g/mol. The van der Waals surface area contributed by atoms with E-state index in [2.05, 4.69) is 14.5 Å². The van der Waals surface area contributed by atoms with E-state index in [9.17, 15) is 14.0 Å². The maximum Gasteiger partial charge on any atom is 0.337 e. The lowest BCUT2D eigenvalue weighted by Gasteiger charge is -2.37. The van der Waals surface area contributed by atoms with Crippen LogP contribution < -0.4 is 9.64 Å². The molecule has 0 N–H and O–H groups in total. The van der Waals surface area contributed by atoms with Crippen molar-refractivity contribution in [3.63, 3.8) is 0 Å². The van der Waals surface area contributed by atoms with Crippen molar-refractivity contribution in [3.05, 3.63) is 82.9 Å². The highest BCUT2D eigenvalue weighted by Gasteiger charge is 2.32. The standard InChI is InChI=1S/C32H31FN6O5/c1-20(31-35-26-9-8-22(32(41)42-2)15-27(26)39(31)17-24-10-13-43-24)37-11-12-38(30(40)18-37)28-4-3-5-29(36-28)44-19-23-7-6-21(16-34)14-25(23)33/h3-9,14-15,20,24H,10-13,17-19H2,1-2H3/t20-,24-/m0/s1. The summed E-state index contributed by atoms with van der Waals surface area (Å²) in [6, 6.07) is 16.3. The molecule has 44 heavy (non-hydrogen) atoms. The van der Waals surface area contributed by atoms with Gasteiger partial charge in [0.2, 0.25) is 11.8 Å². The number of rotatable bonds is 9. The van der Waals surface area contributed by atoms with Crippen molar-refractivity contribution in [3.8, 4) is 11.9 Å². The SMILES string of the molecule is COC(=O)c1ccc2nc([C@H](C)N3CCN(c4cccc(OCc5ccc(C#N)cc5F)n4)C(=O)C3)n(C[C@@H]3CCO3)c2c1. The Balaban J connectivity index is 1.17. The number of methoxy groups -OCH3 is 1. The number of aromatic nitrogens is 3. The van der Waals surface area contributed by atoms with Crippen LogP contribution in [0, 0.1) is 17.1 Å². The molecule has 0 radical (unpaired) electrons. The molecule has 4 aromatic rings. The second kappa shape index (κ2) is 12.4. The van der Waals surface area contributed by atoms with Gasteiger partial charge >= 0.3 is 5.97 Å². The molecule has 0 unspecified atom stereocenters. The van der Waals surface area contributed by atoms with Crippen LogP contribution in [0.5, 0.6) is 5.88 Å². The quantitative estimate of drug-likeness (QED) is 0.263. The van der Waals surface area contributed by atoms with Gasteiger partial charge < -0.3 is 18.8 Å². The van der Waals surface area contributed by atoms with Crippen LogP contribution in [0.25, 0.3) is 11.0 Å². The van der Waals surface area contributed by atoms with E-state index in [1.54, 1.807) is 35.2 Å². The summed E-state index contributed by atoms with van der Waals surface area (Å²) in [5, 5.41) is 8.94. The maximum absolute atomic E-state index is 14.3. The molecule has 0 saturated carbocycles. The average molecular weight is 599 g/mol. The predicted molar refractivity (Wildman–Crippen MR) is 157 cm³/mol. The topological polar surface area (TPSA) is 123 Å². The number of nitrogens with zero attached hydrogens (tertiary/aromatic N) is 6. The number of piperazine rings is 1. The number of hydrogen-bond donors (Lipinski definition) is 0. The minimum absolute atomic E-state index is 0.0626. The number of esters is 1. The van der Waals surface area contributed by atoms with E-state index in [0.717, 1.165) is 36.0 Å². The lowest BCUT2D eigenvalue weighted by molar-refractivity contribution is -0.122. The van der Waals surface area contributed by atoms with Gasteiger partial charge in [0.1, 0.15) is 24.1 Å². The summed E-state index contributed by atoms with van der Waals surface area (Å²) in [6.45, 7) is 4.41. The highest BCUT2D eigenvalue weighted by molar-refractivity contribution is 5.95. The summed E-state index contributed by atoms with van der Waals surface area (Å²) < 4.78 is 32.7. The Morgan fingerprint density at radius 2 is 2.02 bits per heavy atom. The van der Waals surface area contributed by atoms with E-state index in [4.69, 9.17) is 24.5 Å². The zero-order valence-corrected chi connectivity index (χ0v) is 24.4. The lowest BCUT2D eigenvalue weighted by atomic mass is 10.1. The number of ether oxygens (including phenoxy) is 3. The van der Waals surface area contributed by atoms with Gasteiger partial charge in [-0.25, -0.2) is 14.2 Å². The highest BCUT2D eigenvalue weighted by atomic mass is 19.1. The van der Waals surface area contributed by atoms with Gasteiger partial charge in [0.15, 0.2) is 0 Å². The van der Waals surface area contributed by atoms with Crippen LogP contribution in [-0.2, 0) is 27.4 Å². The Labute approximate surface area is 253 Å². The number of anilines is 1. The van der Waals surface area contributed by atoms with Gasteiger partial charge in [-0.05, 0) is 49.7 Å². The molecule has 6 rings (SSSR count). The summed E-state index contributed by atoms with van der Waals surface area (Å²) >= 11 is 0. The van der Waals surface area contributed by atoms with Crippen molar-refractivity contribution in [1.29, 1.82) is 5.26 Å². The first-order valence-electron chi connectivity index (χ1n) is 14.4. The van der Waals surface area contributed by atoms with Crippen LogP contribution in [0.15, 0.2) is 54.6 Å². The number of hydrogen-bond acceptors (Lipinski definition) is 9. The van der Waals surface area contributed by atoms with Gasteiger partial charge in [0.25, 0.3) is 0 Å². The number of nitriles is 1. The van der Waals surface area contributed by atoms with Gasteiger partial charge in [-0.1, -0.05) is 12.1 Å². The van der Waals surface area contributed by atoms with Crippen LogP contribution in [0.3, 0.4) is 0 Å². The second-order valence-corrected chi connectivity index (χ2v) is 10.8. The first kappa shape index (κ1) is 29.2. The Bertz CT molecular complexity index is 1760. The molecule has 2 saturated heterocycles. The van der Waals surface area contributed by atoms with Crippen molar-refractivity contribution in [2.45, 2.75) is 38.6 Å². The van der Waals surface area contributed by atoms with E-state index in [-0.39, 0.29) is 42.6 Å². The van der Waals surface area contributed by atoms with Crippen molar-refractivity contribution < 1.29 is 28.2 Å². The Morgan fingerprint density at radius 1 is 1.18 bits per heavy atom. The van der Waals surface area contributed by atoms with Crippen molar-refractivity contribution >= 4 is 28.7 Å². The third-order valence-corrected chi connectivity index (χ3v) is 8.09. The van der Waals surface area contributed by atoms with E-state index < -0.39 is 11.8 Å². The predicted octanol–water partition coefficient (Wildman–Crippen LogP) is 4.01. The second-order valence-electron chi connectivity index (χ2n) is 10.8. The molecule has 1 amide bonds. The molecule has 0 spiro atoms. The van der Waals surface area contributed by atoms with Crippen molar-refractivity contribution in [2.75, 3.05) is 38.3 Å². The Kier molecular flexibility index (Phi) is 8.23. The van der Waals surface area contributed by atoms with Crippen LogP contribution in [-0.4, -0.2) is 70.8 Å². The Hall–Kier alpha value is -4.86.